The minimum atomic E-state index is -0.212. The number of aromatic amines is 1. The second kappa shape index (κ2) is 7.52. The molecule has 2 N–H and O–H groups in total. The molecule has 2 heterocycles. The molecule has 0 aliphatic rings. The maximum atomic E-state index is 12.3. The van der Waals surface area contributed by atoms with Crippen LogP contribution in [0.1, 0.15) is 27.3 Å². The topological polar surface area (TPSA) is 79.9 Å². The van der Waals surface area contributed by atoms with E-state index in [1.54, 1.807) is 12.1 Å². The third-order valence-corrected chi connectivity index (χ3v) is 4.48. The van der Waals surface area contributed by atoms with Crippen molar-refractivity contribution in [1.29, 1.82) is 0 Å². The van der Waals surface area contributed by atoms with E-state index in [0.717, 1.165) is 28.1 Å². The van der Waals surface area contributed by atoms with Gasteiger partial charge >= 0.3 is 0 Å². The molecule has 6 heteroatoms. The van der Waals surface area contributed by atoms with Crippen molar-refractivity contribution in [3.05, 3.63) is 83.3 Å². The maximum absolute atomic E-state index is 12.3. The highest BCUT2D eigenvalue weighted by atomic mass is 16.5. The molecular weight excluding hydrogens is 352 g/mol. The van der Waals surface area contributed by atoms with Crippen LogP contribution in [0.25, 0.3) is 11.0 Å². The Morgan fingerprint density at radius 2 is 1.93 bits per heavy atom. The predicted molar refractivity (Wildman–Crippen MR) is 109 cm³/mol. The summed E-state index contributed by atoms with van der Waals surface area (Å²) >= 11 is 0. The van der Waals surface area contributed by atoms with Gasteiger partial charge in [0.2, 0.25) is 5.88 Å². The summed E-state index contributed by atoms with van der Waals surface area (Å²) in [5, 5.41) is 2.87. The second-order valence-electron chi connectivity index (χ2n) is 6.62. The van der Waals surface area contributed by atoms with Gasteiger partial charge in [-0.15, -0.1) is 0 Å². The Balaban J connectivity index is 1.43. The Kier molecular flexibility index (Phi) is 4.76. The van der Waals surface area contributed by atoms with Gasteiger partial charge < -0.3 is 15.0 Å². The van der Waals surface area contributed by atoms with E-state index in [2.05, 4.69) is 39.3 Å². The summed E-state index contributed by atoms with van der Waals surface area (Å²) in [7, 11) is 1.54. The number of rotatable bonds is 5. The van der Waals surface area contributed by atoms with Gasteiger partial charge in [-0.3, -0.25) is 4.79 Å². The number of aryl methyl sites for hydroxylation is 1. The lowest BCUT2D eigenvalue weighted by atomic mass is 10.1. The minimum Gasteiger partial charge on any atom is -0.481 e. The van der Waals surface area contributed by atoms with Crippen LogP contribution in [-0.4, -0.2) is 28.0 Å². The highest BCUT2D eigenvalue weighted by Crippen LogP contribution is 2.17. The SMILES string of the molecule is COc1ccc(C(=O)Nc2ccc(Cc3nc4ccc(C)cc4[nH]3)cc2)cn1. The number of methoxy groups -OCH3 is 1. The van der Waals surface area contributed by atoms with E-state index in [1.807, 2.05) is 30.3 Å². The van der Waals surface area contributed by atoms with E-state index in [4.69, 9.17) is 4.74 Å². The first-order chi connectivity index (χ1) is 13.6. The van der Waals surface area contributed by atoms with Crippen molar-refractivity contribution < 1.29 is 9.53 Å². The van der Waals surface area contributed by atoms with Gasteiger partial charge in [0.25, 0.3) is 5.91 Å². The minimum absolute atomic E-state index is 0.212. The number of imidazole rings is 1. The van der Waals surface area contributed by atoms with Crippen LogP contribution in [0.5, 0.6) is 5.88 Å². The van der Waals surface area contributed by atoms with E-state index >= 15 is 0 Å². The lowest BCUT2D eigenvalue weighted by Crippen LogP contribution is -2.12. The van der Waals surface area contributed by atoms with Crippen LogP contribution < -0.4 is 10.1 Å². The quantitative estimate of drug-likeness (QED) is 0.552. The van der Waals surface area contributed by atoms with E-state index < -0.39 is 0 Å². The van der Waals surface area contributed by atoms with Crippen molar-refractivity contribution in [2.24, 2.45) is 0 Å². The highest BCUT2D eigenvalue weighted by molar-refractivity contribution is 6.04. The number of carbonyl (C=O) groups is 1. The number of amides is 1. The molecule has 1 amide bonds. The standard InChI is InChI=1S/C22H20N4O2/c1-14-3-9-18-19(11-14)26-20(25-18)12-15-4-7-17(8-5-15)24-22(27)16-6-10-21(28-2)23-13-16/h3-11,13H,12H2,1-2H3,(H,24,27)(H,25,26). The largest absolute Gasteiger partial charge is 0.481 e. The van der Waals surface area contributed by atoms with E-state index in [1.165, 1.54) is 18.9 Å². The van der Waals surface area contributed by atoms with E-state index in [9.17, 15) is 4.79 Å². The predicted octanol–water partition coefficient (Wildman–Crippen LogP) is 4.12. The average molecular weight is 372 g/mol. The number of carbonyl (C=O) groups excluding carboxylic acids is 1. The van der Waals surface area contributed by atoms with Crippen molar-refractivity contribution in [1.82, 2.24) is 15.0 Å². The van der Waals surface area contributed by atoms with Gasteiger partial charge in [0, 0.05) is 24.4 Å². The number of ether oxygens (including phenoxy) is 1. The molecule has 0 radical (unpaired) electrons. The van der Waals surface area contributed by atoms with Crippen LogP contribution in [0, 0.1) is 6.92 Å². The monoisotopic (exact) mass is 372 g/mol. The van der Waals surface area contributed by atoms with Crippen molar-refractivity contribution in [3.8, 4) is 5.88 Å². The molecule has 0 aliphatic heterocycles. The maximum Gasteiger partial charge on any atom is 0.257 e. The van der Waals surface area contributed by atoms with Crippen LogP contribution in [0.15, 0.2) is 60.8 Å². The fourth-order valence-electron chi connectivity index (χ4n) is 3.00. The molecule has 2 aromatic carbocycles. The first kappa shape index (κ1) is 17.7. The van der Waals surface area contributed by atoms with Gasteiger partial charge in [0.1, 0.15) is 5.82 Å². The first-order valence-corrected chi connectivity index (χ1v) is 8.96. The lowest BCUT2D eigenvalue weighted by molar-refractivity contribution is 0.102. The van der Waals surface area contributed by atoms with E-state index in [-0.39, 0.29) is 5.91 Å². The second-order valence-corrected chi connectivity index (χ2v) is 6.62. The Morgan fingerprint density at radius 1 is 1.11 bits per heavy atom. The fourth-order valence-corrected chi connectivity index (χ4v) is 3.00. The molecule has 2 aromatic heterocycles. The molecule has 0 saturated heterocycles. The highest BCUT2D eigenvalue weighted by Gasteiger charge is 2.08. The molecule has 0 atom stereocenters. The summed E-state index contributed by atoms with van der Waals surface area (Å²) in [6, 6.07) is 17.3. The number of pyridine rings is 1. The van der Waals surface area contributed by atoms with E-state index in [0.29, 0.717) is 17.9 Å². The number of aromatic nitrogens is 3. The van der Waals surface area contributed by atoms with Crippen LogP contribution in [0.4, 0.5) is 5.69 Å². The van der Waals surface area contributed by atoms with Crippen molar-refractivity contribution in [2.75, 3.05) is 12.4 Å². The summed E-state index contributed by atoms with van der Waals surface area (Å²) in [5.74, 6) is 1.18. The molecular formula is C22H20N4O2. The molecule has 28 heavy (non-hydrogen) atoms. The third kappa shape index (κ3) is 3.86. The Bertz CT molecular complexity index is 1120. The molecule has 4 aromatic rings. The number of anilines is 1. The molecule has 0 bridgehead atoms. The van der Waals surface area contributed by atoms with Gasteiger partial charge in [0.15, 0.2) is 0 Å². The molecule has 4 rings (SSSR count). The smallest absolute Gasteiger partial charge is 0.257 e. The molecule has 6 nitrogen and oxygen atoms in total. The number of nitrogens with zero attached hydrogens (tertiary/aromatic N) is 2. The van der Waals surface area contributed by atoms with Crippen molar-refractivity contribution >= 4 is 22.6 Å². The summed E-state index contributed by atoms with van der Waals surface area (Å²) in [6.45, 7) is 2.06. The molecule has 0 fully saturated rings. The lowest BCUT2D eigenvalue weighted by Gasteiger charge is -2.06. The van der Waals surface area contributed by atoms with Gasteiger partial charge in [-0.1, -0.05) is 18.2 Å². The zero-order chi connectivity index (χ0) is 19.5. The zero-order valence-electron chi connectivity index (χ0n) is 15.7. The molecule has 140 valence electrons. The fraction of sp³-hybridized carbons (Fsp3) is 0.136. The summed E-state index contributed by atoms with van der Waals surface area (Å²) in [6.07, 6.45) is 2.19. The number of fused-ring (bicyclic) bond motifs is 1. The van der Waals surface area contributed by atoms with Crippen LogP contribution in [0.3, 0.4) is 0 Å². The number of benzene rings is 2. The van der Waals surface area contributed by atoms with Crippen molar-refractivity contribution in [2.45, 2.75) is 13.3 Å². The van der Waals surface area contributed by atoms with Gasteiger partial charge in [-0.05, 0) is 48.4 Å². The zero-order valence-corrected chi connectivity index (χ0v) is 15.7. The number of hydrogen-bond donors (Lipinski definition) is 2. The van der Waals surface area contributed by atoms with Gasteiger partial charge in [-0.25, -0.2) is 9.97 Å². The molecule has 0 unspecified atom stereocenters. The van der Waals surface area contributed by atoms with Crippen LogP contribution >= 0.6 is 0 Å². The summed E-state index contributed by atoms with van der Waals surface area (Å²) in [4.78, 5) is 24.4. The van der Waals surface area contributed by atoms with Gasteiger partial charge in [0.05, 0.1) is 23.7 Å². The van der Waals surface area contributed by atoms with Crippen LogP contribution in [-0.2, 0) is 6.42 Å². The normalized spacial score (nSPS) is 10.8. The van der Waals surface area contributed by atoms with Crippen LogP contribution in [0.2, 0.25) is 0 Å². The average Bonchev–Trinajstić information content (AvgIpc) is 3.10. The van der Waals surface area contributed by atoms with Gasteiger partial charge in [-0.2, -0.15) is 0 Å². The number of hydrogen-bond acceptors (Lipinski definition) is 4. The Hall–Kier alpha value is -3.67. The summed E-state index contributed by atoms with van der Waals surface area (Å²) < 4.78 is 5.00. The summed E-state index contributed by atoms with van der Waals surface area (Å²) in [5.41, 5.74) is 5.53. The third-order valence-electron chi connectivity index (χ3n) is 4.48. The first-order valence-electron chi connectivity index (χ1n) is 8.96. The number of H-pyrrole nitrogens is 1. The van der Waals surface area contributed by atoms with Crippen molar-refractivity contribution in [3.63, 3.8) is 0 Å². The Morgan fingerprint density at radius 3 is 2.64 bits per heavy atom. The molecule has 0 spiro atoms. The molecule has 0 saturated carbocycles. The molecule has 0 aliphatic carbocycles. The number of nitrogens with one attached hydrogen (secondary N) is 2. The Labute approximate surface area is 162 Å².